The molecule has 0 aromatic heterocycles. The van der Waals surface area contributed by atoms with Gasteiger partial charge in [0.05, 0.1) is 5.56 Å². The third-order valence-electron chi connectivity index (χ3n) is 3.03. The molecule has 1 aromatic carbocycles. The maximum absolute atomic E-state index is 12.2. The number of aliphatic hydroxyl groups is 1. The molecule has 100 valence electrons. The standard InChI is InChI=1S/C13H17BrClNO2/c1-3-13(2,6-7-17)16-12(18)10-8-9(15)4-5-11(10)14/h4-5,8,17H,3,6-7H2,1-2H3,(H,16,18). The number of hydrogen-bond acceptors (Lipinski definition) is 2. The van der Waals surface area contributed by atoms with E-state index in [2.05, 4.69) is 21.2 Å². The Labute approximate surface area is 121 Å². The minimum Gasteiger partial charge on any atom is -0.396 e. The van der Waals surface area contributed by atoms with Crippen LogP contribution in [-0.2, 0) is 0 Å². The van der Waals surface area contributed by atoms with Gasteiger partial charge < -0.3 is 10.4 Å². The second-order valence-electron chi connectivity index (χ2n) is 4.47. The van der Waals surface area contributed by atoms with E-state index in [1.807, 2.05) is 13.8 Å². The summed E-state index contributed by atoms with van der Waals surface area (Å²) in [6.45, 7) is 3.93. The van der Waals surface area contributed by atoms with Crippen molar-refractivity contribution in [1.82, 2.24) is 5.32 Å². The molecular formula is C13H17BrClNO2. The van der Waals surface area contributed by atoms with Crippen molar-refractivity contribution >= 4 is 33.4 Å². The lowest BCUT2D eigenvalue weighted by Crippen LogP contribution is -2.46. The molecule has 0 saturated carbocycles. The van der Waals surface area contributed by atoms with Crippen LogP contribution in [0, 0.1) is 0 Å². The van der Waals surface area contributed by atoms with Gasteiger partial charge in [-0.15, -0.1) is 0 Å². The zero-order valence-corrected chi connectivity index (χ0v) is 12.8. The molecule has 0 aliphatic heterocycles. The molecule has 1 amide bonds. The number of rotatable bonds is 5. The predicted molar refractivity (Wildman–Crippen MR) is 77.0 cm³/mol. The van der Waals surface area contributed by atoms with Crippen LogP contribution in [0.5, 0.6) is 0 Å². The maximum Gasteiger partial charge on any atom is 0.252 e. The average molecular weight is 335 g/mol. The Balaban J connectivity index is 2.90. The molecule has 0 aliphatic carbocycles. The third kappa shape index (κ3) is 3.97. The van der Waals surface area contributed by atoms with Gasteiger partial charge in [-0.1, -0.05) is 18.5 Å². The molecule has 1 unspecified atom stereocenters. The van der Waals surface area contributed by atoms with E-state index in [4.69, 9.17) is 16.7 Å². The second-order valence-corrected chi connectivity index (χ2v) is 5.76. The van der Waals surface area contributed by atoms with Gasteiger partial charge in [-0.05, 0) is 53.9 Å². The van der Waals surface area contributed by atoms with E-state index < -0.39 is 5.54 Å². The monoisotopic (exact) mass is 333 g/mol. The summed E-state index contributed by atoms with van der Waals surface area (Å²) in [4.78, 5) is 12.2. The first kappa shape index (κ1) is 15.5. The van der Waals surface area contributed by atoms with Gasteiger partial charge in [0.2, 0.25) is 0 Å². The molecule has 0 saturated heterocycles. The molecule has 0 fully saturated rings. The molecule has 0 aliphatic rings. The van der Waals surface area contributed by atoms with Crippen LogP contribution >= 0.6 is 27.5 Å². The van der Waals surface area contributed by atoms with Gasteiger partial charge in [-0.25, -0.2) is 0 Å². The third-order valence-corrected chi connectivity index (χ3v) is 3.96. The fourth-order valence-electron chi connectivity index (χ4n) is 1.59. The summed E-state index contributed by atoms with van der Waals surface area (Å²) in [5.74, 6) is -0.192. The van der Waals surface area contributed by atoms with Crippen LogP contribution in [0.1, 0.15) is 37.0 Å². The van der Waals surface area contributed by atoms with E-state index >= 15 is 0 Å². The Hall–Kier alpha value is -0.580. The summed E-state index contributed by atoms with van der Waals surface area (Å²) in [7, 11) is 0. The summed E-state index contributed by atoms with van der Waals surface area (Å²) < 4.78 is 0.701. The summed E-state index contributed by atoms with van der Waals surface area (Å²) in [6.07, 6.45) is 1.27. The van der Waals surface area contributed by atoms with Gasteiger partial charge in [-0.3, -0.25) is 4.79 Å². The molecule has 0 spiro atoms. The van der Waals surface area contributed by atoms with Gasteiger partial charge in [-0.2, -0.15) is 0 Å². The quantitative estimate of drug-likeness (QED) is 0.867. The van der Waals surface area contributed by atoms with Gasteiger partial charge >= 0.3 is 0 Å². The van der Waals surface area contributed by atoms with E-state index in [-0.39, 0.29) is 12.5 Å². The number of amides is 1. The van der Waals surface area contributed by atoms with Crippen LogP contribution < -0.4 is 5.32 Å². The van der Waals surface area contributed by atoms with E-state index in [0.717, 1.165) is 6.42 Å². The number of aliphatic hydroxyl groups excluding tert-OH is 1. The first-order chi connectivity index (χ1) is 8.41. The van der Waals surface area contributed by atoms with Gasteiger partial charge in [0.1, 0.15) is 0 Å². The highest BCUT2D eigenvalue weighted by Gasteiger charge is 2.25. The zero-order valence-electron chi connectivity index (χ0n) is 10.5. The molecule has 1 aromatic rings. The molecule has 3 nitrogen and oxygen atoms in total. The van der Waals surface area contributed by atoms with Crippen molar-refractivity contribution in [3.63, 3.8) is 0 Å². The topological polar surface area (TPSA) is 49.3 Å². The summed E-state index contributed by atoms with van der Waals surface area (Å²) in [5.41, 5.74) is 0.0910. The second kappa shape index (κ2) is 6.55. The van der Waals surface area contributed by atoms with Crippen LogP contribution in [-0.4, -0.2) is 23.2 Å². The van der Waals surface area contributed by atoms with Gasteiger partial charge in [0.15, 0.2) is 0 Å². The lowest BCUT2D eigenvalue weighted by atomic mass is 9.94. The van der Waals surface area contributed by atoms with E-state index in [0.29, 0.717) is 21.5 Å². The normalized spacial score (nSPS) is 14.1. The Morgan fingerprint density at radius 3 is 2.78 bits per heavy atom. The fraction of sp³-hybridized carbons (Fsp3) is 0.462. The number of hydrogen-bond donors (Lipinski definition) is 2. The van der Waals surface area contributed by atoms with Crippen molar-refractivity contribution in [2.24, 2.45) is 0 Å². The zero-order chi connectivity index (χ0) is 13.8. The number of halogens is 2. The summed E-state index contributed by atoms with van der Waals surface area (Å²) in [5, 5.41) is 12.5. The Morgan fingerprint density at radius 2 is 2.22 bits per heavy atom. The van der Waals surface area contributed by atoms with Crippen molar-refractivity contribution < 1.29 is 9.90 Å². The molecule has 5 heteroatoms. The fourth-order valence-corrected chi connectivity index (χ4v) is 2.19. The molecule has 0 bridgehead atoms. The van der Waals surface area contributed by atoms with E-state index in [1.165, 1.54) is 0 Å². The lowest BCUT2D eigenvalue weighted by Gasteiger charge is -2.29. The number of benzene rings is 1. The van der Waals surface area contributed by atoms with E-state index in [9.17, 15) is 4.79 Å². The molecular weight excluding hydrogens is 318 g/mol. The molecule has 1 atom stereocenters. The van der Waals surface area contributed by atoms with Crippen molar-refractivity contribution in [1.29, 1.82) is 0 Å². The average Bonchev–Trinajstić information content (AvgIpc) is 2.32. The van der Waals surface area contributed by atoms with Crippen molar-refractivity contribution in [2.45, 2.75) is 32.2 Å². The van der Waals surface area contributed by atoms with Crippen molar-refractivity contribution in [3.8, 4) is 0 Å². The Bertz CT molecular complexity index is 439. The van der Waals surface area contributed by atoms with Crippen LogP contribution in [0.15, 0.2) is 22.7 Å². The lowest BCUT2D eigenvalue weighted by molar-refractivity contribution is 0.0885. The molecule has 18 heavy (non-hydrogen) atoms. The summed E-state index contributed by atoms with van der Waals surface area (Å²) >= 11 is 9.22. The number of nitrogens with one attached hydrogen (secondary N) is 1. The maximum atomic E-state index is 12.2. The highest BCUT2D eigenvalue weighted by atomic mass is 79.9. The minimum atomic E-state index is -0.409. The molecule has 1 rings (SSSR count). The highest BCUT2D eigenvalue weighted by Crippen LogP contribution is 2.23. The van der Waals surface area contributed by atoms with Crippen molar-refractivity contribution in [2.75, 3.05) is 6.61 Å². The molecule has 0 radical (unpaired) electrons. The number of carbonyl (C=O) groups is 1. The smallest absolute Gasteiger partial charge is 0.252 e. The largest absolute Gasteiger partial charge is 0.396 e. The Kier molecular flexibility index (Phi) is 5.63. The van der Waals surface area contributed by atoms with Crippen LogP contribution in [0.3, 0.4) is 0 Å². The molecule has 2 N–H and O–H groups in total. The van der Waals surface area contributed by atoms with Gasteiger partial charge in [0.25, 0.3) is 5.91 Å². The predicted octanol–water partition coefficient (Wildman–Crippen LogP) is 3.38. The van der Waals surface area contributed by atoms with Crippen LogP contribution in [0.2, 0.25) is 5.02 Å². The summed E-state index contributed by atoms with van der Waals surface area (Å²) in [6, 6.07) is 5.08. The van der Waals surface area contributed by atoms with Crippen LogP contribution in [0.25, 0.3) is 0 Å². The van der Waals surface area contributed by atoms with E-state index in [1.54, 1.807) is 18.2 Å². The van der Waals surface area contributed by atoms with Gasteiger partial charge in [0, 0.05) is 21.6 Å². The SMILES string of the molecule is CCC(C)(CCO)NC(=O)c1cc(Cl)ccc1Br. The first-order valence-corrected chi connectivity index (χ1v) is 6.97. The first-order valence-electron chi connectivity index (χ1n) is 5.80. The van der Waals surface area contributed by atoms with Crippen molar-refractivity contribution in [3.05, 3.63) is 33.3 Å². The Morgan fingerprint density at radius 1 is 1.56 bits per heavy atom. The minimum absolute atomic E-state index is 0.0430. The number of carbonyl (C=O) groups excluding carboxylic acids is 1. The highest BCUT2D eigenvalue weighted by molar-refractivity contribution is 9.10. The van der Waals surface area contributed by atoms with Crippen LogP contribution in [0.4, 0.5) is 0 Å². The molecule has 0 heterocycles.